The van der Waals surface area contributed by atoms with Crippen LogP contribution in [0.25, 0.3) is 0 Å². The fraction of sp³-hybridized carbons (Fsp3) is 0.500. The maximum Gasteiger partial charge on any atom is 0.297 e. The Morgan fingerprint density at radius 1 is 1.48 bits per heavy atom. The lowest BCUT2D eigenvalue weighted by molar-refractivity contribution is -0.132. The topological polar surface area (TPSA) is 118 Å². The number of pyridine rings is 1. The molecule has 3 N–H and O–H groups in total. The van der Waals surface area contributed by atoms with E-state index >= 15 is 0 Å². The number of carbonyl (C=O) groups is 1. The maximum atomic E-state index is 11.8. The predicted octanol–water partition coefficient (Wildman–Crippen LogP) is 0.0363. The lowest BCUT2D eigenvalue weighted by Gasteiger charge is -2.20. The number of nitrogens with zero attached hydrogens (tertiary/aromatic N) is 1. The normalized spacial score (nSPS) is 13.2. The first kappa shape index (κ1) is 17.5. The van der Waals surface area contributed by atoms with Gasteiger partial charge in [0.15, 0.2) is 0 Å². The zero-order chi connectivity index (χ0) is 16.0. The molecule has 0 aromatic carbocycles. The molecule has 118 valence electrons. The number of aromatic nitrogens is 1. The Morgan fingerprint density at radius 2 is 2.14 bits per heavy atom. The number of nitrogens with one attached hydrogen (secondary N) is 2. The molecule has 0 radical (unpaired) electrons. The highest BCUT2D eigenvalue weighted by molar-refractivity contribution is 7.86. The molecule has 8 nitrogen and oxygen atoms in total. The highest BCUT2D eigenvalue weighted by atomic mass is 32.2. The van der Waals surface area contributed by atoms with Crippen LogP contribution in [0, 0.1) is 5.92 Å². The Labute approximate surface area is 123 Å². The van der Waals surface area contributed by atoms with Gasteiger partial charge in [0, 0.05) is 24.5 Å². The molecule has 0 fully saturated rings. The summed E-state index contributed by atoms with van der Waals surface area (Å²) in [7, 11) is -2.78. The van der Waals surface area contributed by atoms with Crippen molar-refractivity contribution in [2.75, 3.05) is 7.11 Å². The van der Waals surface area contributed by atoms with E-state index in [2.05, 4.69) is 14.5 Å². The Bertz CT molecular complexity index is 588. The van der Waals surface area contributed by atoms with Crippen LogP contribution in [-0.4, -0.2) is 37.7 Å². The van der Waals surface area contributed by atoms with Crippen LogP contribution >= 0.6 is 0 Å². The van der Waals surface area contributed by atoms with Crippen molar-refractivity contribution >= 4 is 16.0 Å². The van der Waals surface area contributed by atoms with E-state index in [0.717, 1.165) is 7.11 Å². The fourth-order valence-electron chi connectivity index (χ4n) is 1.80. The molecule has 0 unspecified atom stereocenters. The average molecular weight is 317 g/mol. The molecular formula is C12H19N3O5S. The van der Waals surface area contributed by atoms with Crippen LogP contribution in [-0.2, 0) is 25.6 Å². The van der Waals surface area contributed by atoms with E-state index < -0.39 is 22.1 Å². The first-order valence-corrected chi connectivity index (χ1v) is 7.65. The zero-order valence-corrected chi connectivity index (χ0v) is 12.8. The van der Waals surface area contributed by atoms with Gasteiger partial charge in [-0.15, -0.1) is 0 Å². The van der Waals surface area contributed by atoms with E-state index in [1.807, 2.05) is 0 Å². The van der Waals surface area contributed by atoms with Crippen LogP contribution < -0.4 is 10.8 Å². The summed E-state index contributed by atoms with van der Waals surface area (Å²) >= 11 is 0. The van der Waals surface area contributed by atoms with Gasteiger partial charge in [0.2, 0.25) is 0 Å². The van der Waals surface area contributed by atoms with Crippen LogP contribution in [0.1, 0.15) is 19.4 Å². The number of hydrogen-bond donors (Lipinski definition) is 3. The summed E-state index contributed by atoms with van der Waals surface area (Å²) in [4.78, 5) is 15.4. The van der Waals surface area contributed by atoms with Crippen LogP contribution in [0.5, 0.6) is 0 Å². The van der Waals surface area contributed by atoms with Gasteiger partial charge in [0.05, 0.1) is 13.2 Å². The Morgan fingerprint density at radius 3 is 2.67 bits per heavy atom. The van der Waals surface area contributed by atoms with Crippen molar-refractivity contribution in [2.45, 2.75) is 31.3 Å². The van der Waals surface area contributed by atoms with Gasteiger partial charge in [-0.1, -0.05) is 13.8 Å². The van der Waals surface area contributed by atoms with Crippen molar-refractivity contribution in [3.63, 3.8) is 0 Å². The summed E-state index contributed by atoms with van der Waals surface area (Å²) in [6.07, 6.45) is 2.73. The van der Waals surface area contributed by atoms with Crippen molar-refractivity contribution in [3.05, 3.63) is 24.0 Å². The van der Waals surface area contributed by atoms with Gasteiger partial charge in [-0.3, -0.25) is 19.2 Å². The van der Waals surface area contributed by atoms with E-state index in [1.165, 1.54) is 18.5 Å². The van der Waals surface area contributed by atoms with E-state index in [-0.39, 0.29) is 17.4 Å². The molecule has 1 amide bonds. The monoisotopic (exact) mass is 317 g/mol. The molecule has 0 aliphatic rings. The molecule has 1 aromatic heterocycles. The van der Waals surface area contributed by atoms with Gasteiger partial charge in [0.25, 0.3) is 16.0 Å². The van der Waals surface area contributed by atoms with E-state index in [1.54, 1.807) is 19.3 Å². The van der Waals surface area contributed by atoms with Crippen molar-refractivity contribution in [2.24, 2.45) is 5.92 Å². The molecule has 0 spiro atoms. The summed E-state index contributed by atoms with van der Waals surface area (Å²) in [5, 5.41) is 11.6. The molecule has 0 saturated heterocycles. The third kappa shape index (κ3) is 4.46. The lowest BCUT2D eigenvalue weighted by atomic mass is 10.0. The molecule has 9 heteroatoms. The average Bonchev–Trinajstić information content (AvgIpc) is 2.47. The second kappa shape index (κ2) is 7.46. The van der Waals surface area contributed by atoms with Crippen molar-refractivity contribution in [1.82, 2.24) is 15.8 Å². The number of amides is 1. The molecule has 1 rings (SSSR count). The molecular weight excluding hydrogens is 298 g/mol. The van der Waals surface area contributed by atoms with Gasteiger partial charge in [0.1, 0.15) is 4.90 Å². The SMILES string of the molecule is COS(=O)(=O)c1ccncc1CN[C@@H](C(=O)NO)C(C)C. The van der Waals surface area contributed by atoms with E-state index in [0.29, 0.717) is 5.56 Å². The third-order valence-corrected chi connectivity index (χ3v) is 4.30. The number of hydroxylamine groups is 1. The number of hydrogen-bond acceptors (Lipinski definition) is 7. The van der Waals surface area contributed by atoms with Crippen LogP contribution in [0.2, 0.25) is 0 Å². The first-order chi connectivity index (χ1) is 9.83. The first-order valence-electron chi connectivity index (χ1n) is 6.24. The van der Waals surface area contributed by atoms with Crippen molar-refractivity contribution in [1.29, 1.82) is 0 Å². The molecule has 0 bridgehead atoms. The minimum absolute atomic E-state index is 0.0144. The highest BCUT2D eigenvalue weighted by Crippen LogP contribution is 2.16. The summed E-state index contributed by atoms with van der Waals surface area (Å²) in [6, 6.07) is 0.653. The van der Waals surface area contributed by atoms with Gasteiger partial charge in [-0.2, -0.15) is 8.42 Å². The minimum Gasteiger partial charge on any atom is -0.301 e. The van der Waals surface area contributed by atoms with E-state index in [9.17, 15) is 13.2 Å². The molecule has 1 aromatic rings. The number of rotatable bonds is 7. The lowest BCUT2D eigenvalue weighted by Crippen LogP contribution is -2.46. The van der Waals surface area contributed by atoms with E-state index in [4.69, 9.17) is 5.21 Å². The van der Waals surface area contributed by atoms with Crippen LogP contribution in [0.15, 0.2) is 23.4 Å². The molecule has 21 heavy (non-hydrogen) atoms. The summed E-state index contributed by atoms with van der Waals surface area (Å²) in [6.45, 7) is 3.67. The molecule has 0 aliphatic heterocycles. The minimum atomic E-state index is -3.85. The van der Waals surface area contributed by atoms with Gasteiger partial charge in [-0.25, -0.2) is 5.48 Å². The molecule has 0 aliphatic carbocycles. The van der Waals surface area contributed by atoms with Crippen LogP contribution in [0.4, 0.5) is 0 Å². The largest absolute Gasteiger partial charge is 0.301 e. The Balaban J connectivity index is 2.96. The quantitative estimate of drug-likeness (QED) is 0.369. The van der Waals surface area contributed by atoms with Crippen LogP contribution in [0.3, 0.4) is 0 Å². The maximum absolute atomic E-state index is 11.8. The Hall–Kier alpha value is -1.55. The van der Waals surface area contributed by atoms with Crippen molar-refractivity contribution in [3.8, 4) is 0 Å². The Kier molecular flexibility index (Phi) is 6.21. The van der Waals surface area contributed by atoms with Gasteiger partial charge >= 0.3 is 0 Å². The second-order valence-electron chi connectivity index (χ2n) is 4.68. The van der Waals surface area contributed by atoms with Gasteiger partial charge < -0.3 is 5.32 Å². The smallest absolute Gasteiger partial charge is 0.297 e. The van der Waals surface area contributed by atoms with Crippen molar-refractivity contribution < 1.29 is 22.6 Å². The molecule has 1 atom stereocenters. The highest BCUT2D eigenvalue weighted by Gasteiger charge is 2.23. The summed E-state index contributed by atoms with van der Waals surface area (Å²) < 4.78 is 28.1. The zero-order valence-electron chi connectivity index (χ0n) is 12.0. The summed E-state index contributed by atoms with van der Waals surface area (Å²) in [5.41, 5.74) is 1.95. The predicted molar refractivity (Wildman–Crippen MR) is 73.8 cm³/mol. The molecule has 1 heterocycles. The third-order valence-electron chi connectivity index (χ3n) is 2.92. The number of carbonyl (C=O) groups excluding carboxylic acids is 1. The van der Waals surface area contributed by atoms with Gasteiger partial charge in [-0.05, 0) is 12.0 Å². The second-order valence-corrected chi connectivity index (χ2v) is 6.36. The fourth-order valence-corrected chi connectivity index (χ4v) is 2.65. The molecule has 0 saturated carbocycles. The summed E-state index contributed by atoms with van der Waals surface area (Å²) in [5.74, 6) is -0.693. The standard InChI is InChI=1S/C12H19N3O5S/c1-8(2)11(12(16)15-17)14-7-9-6-13-5-4-10(9)21(18,19)20-3/h4-6,8,11,14,17H,7H2,1-3H3,(H,15,16)/t11-/m1/s1.